The quantitative estimate of drug-likeness (QED) is 0.906. The van der Waals surface area contributed by atoms with Crippen molar-refractivity contribution in [3.63, 3.8) is 0 Å². The van der Waals surface area contributed by atoms with Crippen LogP contribution in [0, 0.1) is 0 Å². The number of anilines is 1. The number of benzene rings is 2. The maximum Gasteiger partial charge on any atom is 0.119 e. The SMILES string of the molecule is COc1cccc(CN(C)c2ccc(Br)cc2CO)c1. The highest BCUT2D eigenvalue weighted by Gasteiger charge is 2.08. The molecule has 106 valence electrons. The standard InChI is InChI=1S/C16H18BrNO2/c1-18(10-12-4-3-5-15(8-12)20-2)16-7-6-14(17)9-13(16)11-19/h3-9,19H,10-11H2,1-2H3. The van der Waals surface area contributed by atoms with Gasteiger partial charge in [-0.1, -0.05) is 28.1 Å². The largest absolute Gasteiger partial charge is 0.497 e. The van der Waals surface area contributed by atoms with Gasteiger partial charge in [0.1, 0.15) is 5.75 Å². The van der Waals surface area contributed by atoms with E-state index in [1.54, 1.807) is 7.11 Å². The number of nitrogens with zero attached hydrogens (tertiary/aromatic N) is 1. The molecule has 0 radical (unpaired) electrons. The van der Waals surface area contributed by atoms with Gasteiger partial charge in [-0.3, -0.25) is 0 Å². The van der Waals surface area contributed by atoms with Crippen LogP contribution in [0.2, 0.25) is 0 Å². The fourth-order valence-corrected chi connectivity index (χ4v) is 2.59. The van der Waals surface area contributed by atoms with Gasteiger partial charge in [-0.2, -0.15) is 0 Å². The van der Waals surface area contributed by atoms with Crippen LogP contribution in [0.5, 0.6) is 5.75 Å². The zero-order chi connectivity index (χ0) is 14.5. The smallest absolute Gasteiger partial charge is 0.119 e. The van der Waals surface area contributed by atoms with Crippen LogP contribution in [0.1, 0.15) is 11.1 Å². The van der Waals surface area contributed by atoms with Gasteiger partial charge >= 0.3 is 0 Å². The van der Waals surface area contributed by atoms with E-state index in [-0.39, 0.29) is 6.61 Å². The zero-order valence-corrected chi connectivity index (χ0v) is 13.2. The third-order valence-electron chi connectivity index (χ3n) is 3.18. The van der Waals surface area contributed by atoms with E-state index >= 15 is 0 Å². The lowest BCUT2D eigenvalue weighted by Crippen LogP contribution is -2.18. The molecule has 1 N–H and O–H groups in total. The van der Waals surface area contributed by atoms with E-state index in [0.29, 0.717) is 0 Å². The molecule has 2 rings (SSSR count). The average Bonchev–Trinajstić information content (AvgIpc) is 2.47. The summed E-state index contributed by atoms with van der Waals surface area (Å²) < 4.78 is 6.21. The lowest BCUT2D eigenvalue weighted by atomic mass is 10.1. The van der Waals surface area contributed by atoms with Gasteiger partial charge in [0.15, 0.2) is 0 Å². The summed E-state index contributed by atoms with van der Waals surface area (Å²) in [6.45, 7) is 0.781. The Kier molecular flexibility index (Phi) is 5.04. The van der Waals surface area contributed by atoms with Gasteiger partial charge in [-0.25, -0.2) is 0 Å². The minimum Gasteiger partial charge on any atom is -0.497 e. The predicted molar refractivity (Wildman–Crippen MR) is 85.2 cm³/mol. The highest BCUT2D eigenvalue weighted by atomic mass is 79.9. The van der Waals surface area contributed by atoms with Crippen LogP contribution in [0.25, 0.3) is 0 Å². The molecule has 0 saturated heterocycles. The molecule has 20 heavy (non-hydrogen) atoms. The number of hydrogen-bond acceptors (Lipinski definition) is 3. The fraction of sp³-hybridized carbons (Fsp3) is 0.250. The molecular weight excluding hydrogens is 318 g/mol. The third-order valence-corrected chi connectivity index (χ3v) is 3.67. The van der Waals surface area contributed by atoms with Crippen LogP contribution in [0.4, 0.5) is 5.69 Å². The molecule has 2 aromatic carbocycles. The number of rotatable bonds is 5. The molecule has 0 heterocycles. The molecule has 2 aromatic rings. The minimum atomic E-state index is 0.0250. The summed E-state index contributed by atoms with van der Waals surface area (Å²) in [7, 11) is 3.68. The first kappa shape index (κ1) is 14.9. The summed E-state index contributed by atoms with van der Waals surface area (Å²) in [6.07, 6.45) is 0. The Bertz CT molecular complexity index is 586. The van der Waals surface area contributed by atoms with Crippen molar-refractivity contribution >= 4 is 21.6 Å². The lowest BCUT2D eigenvalue weighted by molar-refractivity contribution is 0.282. The Labute approximate surface area is 127 Å². The summed E-state index contributed by atoms with van der Waals surface area (Å²) in [5, 5.41) is 9.47. The Morgan fingerprint density at radius 1 is 1.20 bits per heavy atom. The summed E-state index contributed by atoms with van der Waals surface area (Å²) in [6, 6.07) is 13.9. The Morgan fingerprint density at radius 2 is 2.00 bits per heavy atom. The number of aliphatic hydroxyl groups excluding tert-OH is 1. The third kappa shape index (κ3) is 3.52. The van der Waals surface area contributed by atoms with Gasteiger partial charge in [0, 0.05) is 29.3 Å². The van der Waals surface area contributed by atoms with Crippen molar-refractivity contribution < 1.29 is 9.84 Å². The molecule has 4 heteroatoms. The second kappa shape index (κ2) is 6.77. The first-order chi connectivity index (χ1) is 9.63. The van der Waals surface area contributed by atoms with Crippen LogP contribution >= 0.6 is 15.9 Å². The topological polar surface area (TPSA) is 32.7 Å². The Hall–Kier alpha value is -1.52. The van der Waals surface area contributed by atoms with E-state index in [4.69, 9.17) is 4.74 Å². The van der Waals surface area contributed by atoms with Gasteiger partial charge in [0.05, 0.1) is 13.7 Å². The van der Waals surface area contributed by atoms with Crippen molar-refractivity contribution in [2.24, 2.45) is 0 Å². The van der Waals surface area contributed by atoms with Crippen molar-refractivity contribution in [1.82, 2.24) is 0 Å². The highest BCUT2D eigenvalue weighted by Crippen LogP contribution is 2.25. The zero-order valence-electron chi connectivity index (χ0n) is 11.6. The minimum absolute atomic E-state index is 0.0250. The molecule has 3 nitrogen and oxygen atoms in total. The molecule has 0 saturated carbocycles. The maximum atomic E-state index is 9.47. The van der Waals surface area contributed by atoms with Crippen LogP contribution in [-0.4, -0.2) is 19.3 Å². The normalized spacial score (nSPS) is 10.4. The highest BCUT2D eigenvalue weighted by molar-refractivity contribution is 9.10. The van der Waals surface area contributed by atoms with E-state index in [2.05, 4.69) is 26.9 Å². The first-order valence-electron chi connectivity index (χ1n) is 6.37. The maximum absolute atomic E-state index is 9.47. The van der Waals surface area contributed by atoms with E-state index in [9.17, 15) is 5.11 Å². The van der Waals surface area contributed by atoms with Crippen molar-refractivity contribution in [3.8, 4) is 5.75 Å². The molecule has 0 aliphatic rings. The fourth-order valence-electron chi connectivity index (χ4n) is 2.18. The van der Waals surface area contributed by atoms with E-state index in [1.165, 1.54) is 5.56 Å². The van der Waals surface area contributed by atoms with E-state index < -0.39 is 0 Å². The van der Waals surface area contributed by atoms with E-state index in [0.717, 1.165) is 28.0 Å². The Morgan fingerprint density at radius 3 is 2.70 bits per heavy atom. The second-order valence-electron chi connectivity index (χ2n) is 4.64. The summed E-state index contributed by atoms with van der Waals surface area (Å²) in [5.74, 6) is 0.856. The number of hydrogen-bond donors (Lipinski definition) is 1. The monoisotopic (exact) mass is 335 g/mol. The second-order valence-corrected chi connectivity index (χ2v) is 5.55. The summed E-state index contributed by atoms with van der Waals surface area (Å²) in [4.78, 5) is 2.12. The van der Waals surface area contributed by atoms with E-state index in [1.807, 2.05) is 43.4 Å². The van der Waals surface area contributed by atoms with Crippen molar-refractivity contribution in [2.75, 3.05) is 19.1 Å². The van der Waals surface area contributed by atoms with Crippen LogP contribution < -0.4 is 9.64 Å². The molecule has 0 aliphatic carbocycles. The molecule has 0 bridgehead atoms. The molecular formula is C16H18BrNO2. The first-order valence-corrected chi connectivity index (χ1v) is 7.16. The molecule has 0 spiro atoms. The molecule has 0 aliphatic heterocycles. The Balaban J connectivity index is 2.21. The van der Waals surface area contributed by atoms with Crippen molar-refractivity contribution in [1.29, 1.82) is 0 Å². The van der Waals surface area contributed by atoms with Gasteiger partial charge in [-0.15, -0.1) is 0 Å². The number of aliphatic hydroxyl groups is 1. The van der Waals surface area contributed by atoms with Crippen molar-refractivity contribution in [2.45, 2.75) is 13.2 Å². The van der Waals surface area contributed by atoms with Gasteiger partial charge in [0.2, 0.25) is 0 Å². The summed E-state index contributed by atoms with van der Waals surface area (Å²) in [5.41, 5.74) is 3.10. The van der Waals surface area contributed by atoms with Gasteiger partial charge < -0.3 is 14.7 Å². The number of methoxy groups -OCH3 is 1. The lowest BCUT2D eigenvalue weighted by Gasteiger charge is -2.22. The molecule has 0 amide bonds. The summed E-state index contributed by atoms with van der Waals surface area (Å²) >= 11 is 3.43. The van der Waals surface area contributed by atoms with Crippen molar-refractivity contribution in [3.05, 3.63) is 58.1 Å². The number of halogens is 1. The van der Waals surface area contributed by atoms with Crippen LogP contribution in [-0.2, 0) is 13.2 Å². The molecule has 0 aromatic heterocycles. The number of ether oxygens (including phenoxy) is 1. The molecule has 0 fully saturated rings. The van der Waals surface area contributed by atoms with Gasteiger partial charge in [-0.05, 0) is 35.9 Å². The molecule has 0 atom stereocenters. The molecule has 0 unspecified atom stereocenters. The van der Waals surface area contributed by atoms with Crippen LogP contribution in [0.15, 0.2) is 46.9 Å². The van der Waals surface area contributed by atoms with Crippen LogP contribution in [0.3, 0.4) is 0 Å². The van der Waals surface area contributed by atoms with Gasteiger partial charge in [0.25, 0.3) is 0 Å². The predicted octanol–water partition coefficient (Wildman–Crippen LogP) is 3.59. The average molecular weight is 336 g/mol.